The highest BCUT2D eigenvalue weighted by atomic mass is 32.2. The van der Waals surface area contributed by atoms with E-state index in [2.05, 4.69) is 27.0 Å². The summed E-state index contributed by atoms with van der Waals surface area (Å²) >= 11 is 1.63. The van der Waals surface area contributed by atoms with Crippen molar-refractivity contribution in [3.05, 3.63) is 36.4 Å². The van der Waals surface area contributed by atoms with Crippen LogP contribution >= 0.6 is 11.8 Å². The Balaban J connectivity index is 1.69. The van der Waals surface area contributed by atoms with Gasteiger partial charge in [0, 0.05) is 30.4 Å². The van der Waals surface area contributed by atoms with Gasteiger partial charge in [0.1, 0.15) is 12.2 Å². The molecule has 1 atom stereocenters. The molecule has 2 amide bonds. The molecule has 1 aromatic carbocycles. The van der Waals surface area contributed by atoms with Gasteiger partial charge in [-0.3, -0.25) is 0 Å². The van der Waals surface area contributed by atoms with E-state index in [-0.39, 0.29) is 11.9 Å². The number of benzene rings is 1. The standard InChI is InChI=1S/C17H23N5OS/c1-3-21-12-18-20-16(21)13-7-6-10-22(11-13)17(23)19-14-8-4-5-9-15(14)24-2/h4-5,8-9,12-13H,3,6-7,10-11H2,1-2H3,(H,19,23)/t13-/m1/s1. The van der Waals surface area contributed by atoms with Crippen molar-refractivity contribution in [3.63, 3.8) is 0 Å². The molecule has 0 aliphatic carbocycles. The van der Waals surface area contributed by atoms with Gasteiger partial charge in [-0.15, -0.1) is 22.0 Å². The number of piperidine rings is 1. The van der Waals surface area contributed by atoms with Crippen molar-refractivity contribution in [1.82, 2.24) is 19.7 Å². The van der Waals surface area contributed by atoms with E-state index < -0.39 is 0 Å². The van der Waals surface area contributed by atoms with E-state index in [4.69, 9.17) is 0 Å². The van der Waals surface area contributed by atoms with Crippen LogP contribution in [0, 0.1) is 0 Å². The SMILES string of the molecule is CCn1cnnc1[C@@H]1CCCN(C(=O)Nc2ccccc2SC)C1. The van der Waals surface area contributed by atoms with Gasteiger partial charge in [-0.2, -0.15) is 0 Å². The molecule has 0 radical (unpaired) electrons. The van der Waals surface area contributed by atoms with E-state index in [1.165, 1.54) is 0 Å². The first-order valence-corrected chi connectivity index (χ1v) is 9.52. The van der Waals surface area contributed by atoms with Gasteiger partial charge in [0.05, 0.1) is 5.69 Å². The van der Waals surface area contributed by atoms with Gasteiger partial charge >= 0.3 is 6.03 Å². The van der Waals surface area contributed by atoms with Gasteiger partial charge < -0.3 is 14.8 Å². The number of nitrogens with one attached hydrogen (secondary N) is 1. The number of aryl methyl sites for hydroxylation is 1. The Morgan fingerprint density at radius 2 is 2.25 bits per heavy atom. The number of urea groups is 1. The van der Waals surface area contributed by atoms with Crippen molar-refractivity contribution in [1.29, 1.82) is 0 Å². The van der Waals surface area contributed by atoms with E-state index in [1.54, 1.807) is 18.1 Å². The summed E-state index contributed by atoms with van der Waals surface area (Å²) in [6.07, 6.45) is 5.81. The molecule has 1 N–H and O–H groups in total. The molecule has 1 aliphatic heterocycles. The number of nitrogens with zero attached hydrogens (tertiary/aromatic N) is 4. The largest absolute Gasteiger partial charge is 0.324 e. The Labute approximate surface area is 146 Å². The van der Waals surface area contributed by atoms with Gasteiger partial charge in [0.15, 0.2) is 0 Å². The minimum Gasteiger partial charge on any atom is -0.324 e. The molecule has 6 nitrogen and oxygen atoms in total. The predicted molar refractivity (Wildman–Crippen MR) is 96.5 cm³/mol. The highest BCUT2D eigenvalue weighted by Gasteiger charge is 2.28. The number of hydrogen-bond donors (Lipinski definition) is 1. The van der Waals surface area contributed by atoms with Crippen LogP contribution in [0.5, 0.6) is 0 Å². The van der Waals surface area contributed by atoms with Crippen molar-refractivity contribution in [3.8, 4) is 0 Å². The van der Waals surface area contributed by atoms with Crippen molar-refractivity contribution >= 4 is 23.5 Å². The van der Waals surface area contributed by atoms with Crippen molar-refractivity contribution < 1.29 is 4.79 Å². The Morgan fingerprint density at radius 1 is 1.42 bits per heavy atom. The molecule has 0 bridgehead atoms. The fraction of sp³-hybridized carbons (Fsp3) is 0.471. The second-order valence-corrected chi connectivity index (χ2v) is 6.74. The predicted octanol–water partition coefficient (Wildman–Crippen LogP) is 3.43. The number of amides is 2. The molecule has 0 saturated carbocycles. The Bertz CT molecular complexity index is 702. The van der Waals surface area contributed by atoms with Crippen molar-refractivity contribution in [2.75, 3.05) is 24.7 Å². The lowest BCUT2D eigenvalue weighted by Crippen LogP contribution is -2.42. The molecule has 2 heterocycles. The van der Waals surface area contributed by atoms with Crippen LogP contribution in [-0.2, 0) is 6.54 Å². The maximum absolute atomic E-state index is 12.7. The molecule has 2 aromatic rings. The van der Waals surface area contributed by atoms with Crippen molar-refractivity contribution in [2.45, 2.75) is 37.1 Å². The fourth-order valence-corrected chi connectivity index (χ4v) is 3.69. The number of anilines is 1. The fourth-order valence-electron chi connectivity index (χ4n) is 3.14. The first kappa shape index (κ1) is 16.8. The lowest BCUT2D eigenvalue weighted by Gasteiger charge is -2.32. The molecule has 128 valence electrons. The molecule has 7 heteroatoms. The minimum atomic E-state index is -0.0382. The van der Waals surface area contributed by atoms with E-state index in [0.29, 0.717) is 6.54 Å². The zero-order valence-corrected chi connectivity index (χ0v) is 14.9. The molecular weight excluding hydrogens is 322 g/mol. The number of thioether (sulfide) groups is 1. The van der Waals surface area contributed by atoms with Crippen molar-refractivity contribution in [2.24, 2.45) is 0 Å². The lowest BCUT2D eigenvalue weighted by atomic mass is 9.97. The van der Waals surface area contributed by atoms with Crippen LogP contribution in [0.1, 0.15) is 31.5 Å². The number of aromatic nitrogens is 3. The number of para-hydroxylation sites is 1. The summed E-state index contributed by atoms with van der Waals surface area (Å²) in [5.41, 5.74) is 0.869. The van der Waals surface area contributed by atoms with Crippen LogP contribution in [0.4, 0.5) is 10.5 Å². The zero-order valence-electron chi connectivity index (χ0n) is 14.1. The van der Waals surface area contributed by atoms with Crippen LogP contribution in [0.25, 0.3) is 0 Å². The maximum atomic E-state index is 12.7. The summed E-state index contributed by atoms with van der Waals surface area (Å²) in [5, 5.41) is 11.3. The summed E-state index contributed by atoms with van der Waals surface area (Å²) in [5.74, 6) is 1.24. The topological polar surface area (TPSA) is 63.1 Å². The average molecular weight is 345 g/mol. The third-order valence-corrected chi connectivity index (χ3v) is 5.20. The molecule has 1 saturated heterocycles. The smallest absolute Gasteiger partial charge is 0.321 e. The van der Waals surface area contributed by atoms with Gasteiger partial charge in [-0.1, -0.05) is 12.1 Å². The summed E-state index contributed by atoms with van der Waals surface area (Å²) < 4.78 is 2.06. The second-order valence-electron chi connectivity index (χ2n) is 5.89. The Morgan fingerprint density at radius 3 is 3.04 bits per heavy atom. The number of likely N-dealkylation sites (tertiary alicyclic amines) is 1. The van der Waals surface area contributed by atoms with Crippen LogP contribution in [0.3, 0.4) is 0 Å². The molecule has 1 aliphatic rings. The molecule has 24 heavy (non-hydrogen) atoms. The lowest BCUT2D eigenvalue weighted by molar-refractivity contribution is 0.190. The van der Waals surface area contributed by atoms with Crippen LogP contribution in [0.15, 0.2) is 35.5 Å². The normalized spacial score (nSPS) is 17.8. The highest BCUT2D eigenvalue weighted by Crippen LogP contribution is 2.28. The third-order valence-electron chi connectivity index (χ3n) is 4.41. The first-order chi connectivity index (χ1) is 11.7. The molecule has 1 aromatic heterocycles. The highest BCUT2D eigenvalue weighted by molar-refractivity contribution is 7.98. The first-order valence-electron chi connectivity index (χ1n) is 8.29. The minimum absolute atomic E-state index is 0.0382. The van der Waals surface area contributed by atoms with Gasteiger partial charge in [0.2, 0.25) is 0 Å². The monoisotopic (exact) mass is 345 g/mol. The van der Waals surface area contributed by atoms with Crippen LogP contribution < -0.4 is 5.32 Å². The van der Waals surface area contributed by atoms with E-state index in [9.17, 15) is 4.79 Å². The second kappa shape index (κ2) is 7.70. The number of hydrogen-bond acceptors (Lipinski definition) is 4. The quantitative estimate of drug-likeness (QED) is 0.862. The summed E-state index contributed by atoms with van der Waals surface area (Å²) in [7, 11) is 0. The Kier molecular flexibility index (Phi) is 5.40. The number of carbonyl (C=O) groups excluding carboxylic acids is 1. The van der Waals surface area contributed by atoms with Gasteiger partial charge in [-0.25, -0.2) is 4.79 Å². The number of rotatable bonds is 4. The Hall–Kier alpha value is -2.02. The summed E-state index contributed by atoms with van der Waals surface area (Å²) in [4.78, 5) is 15.6. The number of carbonyl (C=O) groups is 1. The molecule has 0 unspecified atom stereocenters. The maximum Gasteiger partial charge on any atom is 0.321 e. The van der Waals surface area contributed by atoms with Crippen LogP contribution in [-0.4, -0.2) is 45.0 Å². The molecule has 1 fully saturated rings. The van der Waals surface area contributed by atoms with Gasteiger partial charge in [-0.05, 0) is 38.2 Å². The molecule has 0 spiro atoms. The van der Waals surface area contributed by atoms with Gasteiger partial charge in [0.25, 0.3) is 0 Å². The summed E-state index contributed by atoms with van der Waals surface area (Å²) in [6.45, 7) is 4.40. The summed E-state index contributed by atoms with van der Waals surface area (Å²) in [6, 6.07) is 7.85. The van der Waals surface area contributed by atoms with E-state index in [0.717, 1.165) is 42.3 Å². The average Bonchev–Trinajstić information content (AvgIpc) is 3.11. The molecule has 3 rings (SSSR count). The van der Waals surface area contributed by atoms with E-state index >= 15 is 0 Å². The van der Waals surface area contributed by atoms with Crippen LogP contribution in [0.2, 0.25) is 0 Å². The molecular formula is C17H23N5OS. The van der Waals surface area contributed by atoms with E-state index in [1.807, 2.05) is 35.4 Å². The third kappa shape index (κ3) is 3.56. The zero-order chi connectivity index (χ0) is 16.9.